The van der Waals surface area contributed by atoms with Crippen LogP contribution in [-0.2, 0) is 0 Å². The van der Waals surface area contributed by atoms with Crippen molar-refractivity contribution >= 4 is 102 Å². The summed E-state index contributed by atoms with van der Waals surface area (Å²) in [5, 5.41) is 8.05. The first-order chi connectivity index (χ1) is 25.8. The van der Waals surface area contributed by atoms with Crippen LogP contribution in [0.4, 0.5) is 17.1 Å². The molecular weight excluding hydrogens is 669 g/mol. The molecule has 3 heterocycles. The number of para-hydroxylation sites is 1. The van der Waals surface area contributed by atoms with Crippen LogP contribution in [0.5, 0.6) is 0 Å². The maximum absolute atomic E-state index is 2.48. The van der Waals surface area contributed by atoms with Crippen LogP contribution in [0.15, 0.2) is 182 Å². The summed E-state index contributed by atoms with van der Waals surface area (Å²) in [5.74, 6) is 0. The fourth-order valence-electron chi connectivity index (χ4n) is 8.11. The Balaban J connectivity index is 1.13. The summed E-state index contributed by atoms with van der Waals surface area (Å²) in [7, 11) is 0. The van der Waals surface area contributed by atoms with E-state index in [-0.39, 0.29) is 0 Å². The van der Waals surface area contributed by atoms with Gasteiger partial charge < -0.3 is 9.47 Å². The van der Waals surface area contributed by atoms with Gasteiger partial charge in [0.15, 0.2) is 0 Å². The number of rotatable bonds is 5. The predicted octanol–water partition coefficient (Wildman–Crippen LogP) is 14.7. The first-order valence-electron chi connectivity index (χ1n) is 17.6. The Bertz CT molecular complexity index is 2970. The van der Waals surface area contributed by atoms with Crippen molar-refractivity contribution in [3.05, 3.63) is 182 Å². The lowest BCUT2D eigenvalue weighted by Crippen LogP contribution is -2.10. The minimum atomic E-state index is 1.11. The van der Waals surface area contributed by atoms with Gasteiger partial charge in [-0.05, 0) is 96.1 Å². The summed E-state index contributed by atoms with van der Waals surface area (Å²) in [5.41, 5.74) is 9.40. The van der Waals surface area contributed by atoms with Crippen LogP contribution in [0.1, 0.15) is 0 Å². The van der Waals surface area contributed by atoms with Crippen LogP contribution in [0.3, 0.4) is 0 Å². The molecule has 0 atom stereocenters. The van der Waals surface area contributed by atoms with Gasteiger partial charge >= 0.3 is 0 Å². The Hall–Kier alpha value is -6.20. The lowest BCUT2D eigenvalue weighted by atomic mass is 10.0. The van der Waals surface area contributed by atoms with Crippen molar-refractivity contribution in [2.45, 2.75) is 0 Å². The van der Waals surface area contributed by atoms with Crippen molar-refractivity contribution in [1.29, 1.82) is 0 Å². The van der Waals surface area contributed by atoms with Crippen molar-refractivity contribution in [3.63, 3.8) is 0 Å². The molecule has 0 aliphatic carbocycles. The van der Waals surface area contributed by atoms with Gasteiger partial charge in [0.05, 0.1) is 11.0 Å². The van der Waals surface area contributed by atoms with E-state index in [0.717, 1.165) is 22.7 Å². The highest BCUT2D eigenvalue weighted by Gasteiger charge is 2.22. The molecule has 0 fully saturated rings. The summed E-state index contributed by atoms with van der Waals surface area (Å²) < 4.78 is 7.80. The smallest absolute Gasteiger partial charge is 0.0548 e. The van der Waals surface area contributed by atoms with E-state index in [4.69, 9.17) is 0 Å². The molecule has 4 heteroatoms. The molecule has 0 bridgehead atoms. The lowest BCUT2D eigenvalue weighted by Gasteiger charge is -2.26. The van der Waals surface area contributed by atoms with Crippen molar-refractivity contribution < 1.29 is 0 Å². The fourth-order valence-corrected chi connectivity index (χ4v) is 10.3. The van der Waals surface area contributed by atoms with Gasteiger partial charge in [0.25, 0.3) is 0 Å². The molecule has 0 N–H and O–H groups in total. The molecule has 0 saturated carbocycles. The molecule has 0 spiro atoms. The minimum Gasteiger partial charge on any atom is -0.311 e. The first-order valence-corrected chi connectivity index (χ1v) is 19.2. The van der Waals surface area contributed by atoms with E-state index in [1.165, 1.54) is 73.3 Å². The van der Waals surface area contributed by atoms with Crippen LogP contribution >= 0.6 is 22.7 Å². The average molecular weight is 699 g/mol. The normalized spacial score (nSPS) is 11.8. The molecule has 11 rings (SSSR count). The Kier molecular flexibility index (Phi) is 6.63. The third kappa shape index (κ3) is 4.48. The Morgan fingerprint density at radius 3 is 1.33 bits per heavy atom. The van der Waals surface area contributed by atoms with Gasteiger partial charge in [-0.2, -0.15) is 0 Å². The zero-order valence-corrected chi connectivity index (χ0v) is 29.7. The number of nitrogens with zero attached hydrogens (tertiary/aromatic N) is 2. The first kappa shape index (κ1) is 29.5. The van der Waals surface area contributed by atoms with Crippen LogP contribution in [0.25, 0.3) is 79.0 Å². The van der Waals surface area contributed by atoms with E-state index in [2.05, 4.69) is 191 Å². The predicted molar refractivity (Wildman–Crippen MR) is 227 cm³/mol. The van der Waals surface area contributed by atoms with E-state index < -0.39 is 0 Å². The molecule has 11 aromatic rings. The molecule has 0 aliphatic rings. The SMILES string of the molecule is c1ccc(-c2ccc(N(c3ccccc3)c3ccc(-n4c5ccc6sc7ccccc7c6c5c5c6c(ccc54)sc4ccccc46)cc3)cc2)cc1. The number of hydrogen-bond donors (Lipinski definition) is 0. The molecule has 2 nitrogen and oxygen atoms in total. The van der Waals surface area contributed by atoms with Crippen molar-refractivity contribution in [2.75, 3.05) is 4.90 Å². The van der Waals surface area contributed by atoms with Gasteiger partial charge in [0.1, 0.15) is 0 Å². The van der Waals surface area contributed by atoms with Crippen LogP contribution in [-0.4, -0.2) is 4.57 Å². The minimum absolute atomic E-state index is 1.11. The highest BCUT2D eigenvalue weighted by molar-refractivity contribution is 7.26. The molecule has 0 saturated heterocycles. The standard InChI is InChI=1S/C48H30N2S2/c1-3-11-31(12-4-1)32-19-21-34(22-20-32)49(33-13-5-2-6-14-33)35-23-25-36(26-24-35)50-39-27-29-43-45(37-15-7-9-17-41(37)51-43)47(39)48-40(50)28-30-44-46(48)38-16-8-10-18-42(38)52-44/h1-30H. The van der Waals surface area contributed by atoms with E-state index in [0.29, 0.717) is 0 Å². The third-order valence-corrected chi connectivity index (χ3v) is 12.7. The molecule has 8 aromatic carbocycles. The fraction of sp³-hybridized carbons (Fsp3) is 0. The molecular formula is C48H30N2S2. The Labute approximate surface area is 308 Å². The van der Waals surface area contributed by atoms with E-state index in [9.17, 15) is 0 Å². The van der Waals surface area contributed by atoms with Crippen molar-refractivity contribution in [1.82, 2.24) is 4.57 Å². The molecule has 52 heavy (non-hydrogen) atoms. The molecule has 3 aromatic heterocycles. The third-order valence-electron chi connectivity index (χ3n) is 10.4. The second-order valence-corrected chi connectivity index (χ2v) is 15.5. The topological polar surface area (TPSA) is 8.17 Å². The van der Waals surface area contributed by atoms with Gasteiger partial charge in [0, 0.05) is 73.9 Å². The maximum atomic E-state index is 2.48. The highest BCUT2D eigenvalue weighted by atomic mass is 32.1. The zero-order chi connectivity index (χ0) is 34.2. The number of aromatic nitrogens is 1. The summed E-state index contributed by atoms with van der Waals surface area (Å²) in [6, 6.07) is 66.3. The van der Waals surface area contributed by atoms with Crippen LogP contribution in [0.2, 0.25) is 0 Å². The number of benzene rings is 8. The van der Waals surface area contributed by atoms with Crippen molar-refractivity contribution in [2.24, 2.45) is 0 Å². The van der Waals surface area contributed by atoms with Gasteiger partial charge in [0.2, 0.25) is 0 Å². The number of thiophene rings is 2. The van der Waals surface area contributed by atoms with Gasteiger partial charge in [-0.25, -0.2) is 0 Å². The Morgan fingerprint density at radius 2 is 0.769 bits per heavy atom. The van der Waals surface area contributed by atoms with Gasteiger partial charge in [-0.1, -0.05) is 97.1 Å². The second kappa shape index (κ2) is 11.7. The second-order valence-electron chi connectivity index (χ2n) is 13.3. The summed E-state index contributed by atoms with van der Waals surface area (Å²) in [6.45, 7) is 0. The molecule has 0 unspecified atom stereocenters. The summed E-state index contributed by atoms with van der Waals surface area (Å²) >= 11 is 3.78. The van der Waals surface area contributed by atoms with Crippen LogP contribution < -0.4 is 4.90 Å². The lowest BCUT2D eigenvalue weighted by molar-refractivity contribution is 1.18. The average Bonchev–Trinajstić information content (AvgIpc) is 3.88. The zero-order valence-electron chi connectivity index (χ0n) is 28.0. The maximum Gasteiger partial charge on any atom is 0.0548 e. The monoisotopic (exact) mass is 698 g/mol. The molecule has 0 aliphatic heterocycles. The molecule has 0 amide bonds. The van der Waals surface area contributed by atoms with Gasteiger partial charge in [-0.15, -0.1) is 22.7 Å². The largest absolute Gasteiger partial charge is 0.311 e. The van der Waals surface area contributed by atoms with E-state index in [1.807, 2.05) is 22.7 Å². The van der Waals surface area contributed by atoms with E-state index >= 15 is 0 Å². The van der Waals surface area contributed by atoms with E-state index in [1.54, 1.807) is 0 Å². The van der Waals surface area contributed by atoms with Gasteiger partial charge in [-0.3, -0.25) is 0 Å². The number of fused-ring (bicyclic) bond motifs is 11. The number of anilines is 3. The molecule has 244 valence electrons. The quantitative estimate of drug-likeness (QED) is 0.174. The Morgan fingerprint density at radius 1 is 0.327 bits per heavy atom. The highest BCUT2D eigenvalue weighted by Crippen LogP contribution is 2.48. The summed E-state index contributed by atoms with van der Waals surface area (Å²) in [6.07, 6.45) is 0. The molecule has 0 radical (unpaired) electrons. The number of hydrogen-bond acceptors (Lipinski definition) is 3. The summed E-state index contributed by atoms with van der Waals surface area (Å²) in [4.78, 5) is 2.34. The van der Waals surface area contributed by atoms with Crippen molar-refractivity contribution in [3.8, 4) is 16.8 Å². The van der Waals surface area contributed by atoms with Crippen LogP contribution in [0, 0.1) is 0 Å².